The molecule has 2 rings (SSSR count). The van der Waals surface area contributed by atoms with E-state index in [9.17, 15) is 4.79 Å². The second-order valence-corrected chi connectivity index (χ2v) is 4.41. The van der Waals surface area contributed by atoms with Gasteiger partial charge >= 0.3 is 0 Å². The van der Waals surface area contributed by atoms with Crippen molar-refractivity contribution < 1.29 is 9.53 Å². The summed E-state index contributed by atoms with van der Waals surface area (Å²) in [5.41, 5.74) is 1.86. The lowest BCUT2D eigenvalue weighted by Crippen LogP contribution is -2.09. The number of nitrogens with one attached hydrogen (secondary N) is 1. The molecule has 0 aliphatic heterocycles. The van der Waals surface area contributed by atoms with Gasteiger partial charge in [0, 0.05) is 29.9 Å². The number of anilines is 1. The van der Waals surface area contributed by atoms with Crippen molar-refractivity contribution in [1.29, 1.82) is 0 Å². The first-order valence-electron chi connectivity index (χ1n) is 6.51. The van der Waals surface area contributed by atoms with Crippen molar-refractivity contribution >= 4 is 11.5 Å². The molecule has 0 aromatic heterocycles. The Morgan fingerprint density at radius 2 is 2.17 bits per heavy atom. The Morgan fingerprint density at radius 1 is 1.33 bits per heavy atom. The van der Waals surface area contributed by atoms with Crippen LogP contribution in [0.15, 0.2) is 36.0 Å². The average Bonchev–Trinajstić information content (AvgIpc) is 2.39. The Hall–Kier alpha value is -1.77. The highest BCUT2D eigenvalue weighted by molar-refractivity contribution is 5.96. The molecule has 0 unspecified atom stereocenters. The molecular weight excluding hydrogens is 226 g/mol. The minimum atomic E-state index is 0.273. The van der Waals surface area contributed by atoms with E-state index in [0.29, 0.717) is 13.0 Å². The molecule has 1 aromatic rings. The first-order valence-corrected chi connectivity index (χ1v) is 6.51. The second kappa shape index (κ2) is 6.24. The van der Waals surface area contributed by atoms with Crippen molar-refractivity contribution in [3.8, 4) is 5.75 Å². The molecule has 0 atom stereocenters. The summed E-state index contributed by atoms with van der Waals surface area (Å²) < 4.78 is 5.43. The maximum atomic E-state index is 11.7. The van der Waals surface area contributed by atoms with Crippen LogP contribution in [0.4, 0.5) is 5.69 Å². The van der Waals surface area contributed by atoms with Crippen LogP contribution < -0.4 is 10.1 Å². The first kappa shape index (κ1) is 12.7. The number of benzene rings is 1. The third-order valence-electron chi connectivity index (χ3n) is 3.02. The van der Waals surface area contributed by atoms with Crippen LogP contribution in [0.3, 0.4) is 0 Å². The van der Waals surface area contributed by atoms with Crippen LogP contribution in [-0.4, -0.2) is 12.4 Å². The molecular formula is C15H19NO2. The summed E-state index contributed by atoms with van der Waals surface area (Å²) in [6.07, 6.45) is 5.55. The van der Waals surface area contributed by atoms with Crippen molar-refractivity contribution in [2.24, 2.45) is 0 Å². The van der Waals surface area contributed by atoms with Gasteiger partial charge in [-0.25, -0.2) is 0 Å². The Balaban J connectivity index is 2.02. The van der Waals surface area contributed by atoms with Crippen LogP contribution in [0.2, 0.25) is 0 Å². The van der Waals surface area contributed by atoms with Crippen LogP contribution in [0.5, 0.6) is 5.75 Å². The van der Waals surface area contributed by atoms with Gasteiger partial charge in [-0.15, -0.1) is 0 Å². The fraction of sp³-hybridized carbons (Fsp3) is 0.400. The number of rotatable bonds is 4. The third kappa shape index (κ3) is 3.36. The van der Waals surface area contributed by atoms with Crippen molar-refractivity contribution in [2.45, 2.75) is 32.6 Å². The number of ether oxygens (including phenoxy) is 1. The number of carbonyl (C=O) groups excluding carboxylic acids is 1. The molecule has 0 spiro atoms. The standard InChI is InChI=1S/C15H19NO2/c1-2-18-14-8-5-7-13(10-14)16-11-12-6-3-4-9-15(12)17/h5,7-8,10-11,16H,2-4,6,9H2,1H3. The highest BCUT2D eigenvalue weighted by Crippen LogP contribution is 2.21. The van der Waals surface area contributed by atoms with Crippen LogP contribution in [0.25, 0.3) is 0 Å². The zero-order valence-corrected chi connectivity index (χ0v) is 10.7. The lowest BCUT2D eigenvalue weighted by molar-refractivity contribution is -0.116. The van der Waals surface area contributed by atoms with Gasteiger partial charge in [0.05, 0.1) is 6.61 Å². The van der Waals surface area contributed by atoms with Gasteiger partial charge in [0.1, 0.15) is 5.75 Å². The minimum absolute atomic E-state index is 0.273. The Kier molecular flexibility index (Phi) is 4.40. The maximum absolute atomic E-state index is 11.7. The smallest absolute Gasteiger partial charge is 0.160 e. The van der Waals surface area contributed by atoms with Crippen molar-refractivity contribution in [2.75, 3.05) is 11.9 Å². The average molecular weight is 245 g/mol. The van der Waals surface area contributed by atoms with Crippen molar-refractivity contribution in [3.63, 3.8) is 0 Å². The molecule has 0 amide bonds. The van der Waals surface area contributed by atoms with E-state index in [1.54, 1.807) is 0 Å². The predicted octanol–water partition coefficient (Wildman–Crippen LogP) is 3.52. The summed E-state index contributed by atoms with van der Waals surface area (Å²) in [5.74, 6) is 1.12. The molecule has 96 valence electrons. The van der Waals surface area contributed by atoms with Crippen LogP contribution >= 0.6 is 0 Å². The molecule has 0 saturated heterocycles. The van der Waals surface area contributed by atoms with E-state index in [1.165, 1.54) is 0 Å². The molecule has 0 heterocycles. The van der Waals surface area contributed by atoms with Crippen LogP contribution in [0, 0.1) is 0 Å². The quantitative estimate of drug-likeness (QED) is 0.825. The Labute approximate surface area is 108 Å². The highest BCUT2D eigenvalue weighted by atomic mass is 16.5. The van der Waals surface area contributed by atoms with Gasteiger partial charge in [0.2, 0.25) is 0 Å². The summed E-state index contributed by atoms with van der Waals surface area (Å²) in [6, 6.07) is 7.77. The number of hydrogen-bond acceptors (Lipinski definition) is 3. The zero-order valence-electron chi connectivity index (χ0n) is 10.7. The molecule has 1 aliphatic carbocycles. The van der Waals surface area contributed by atoms with E-state index in [4.69, 9.17) is 4.74 Å². The predicted molar refractivity (Wildman–Crippen MR) is 72.8 cm³/mol. The van der Waals surface area contributed by atoms with Crippen molar-refractivity contribution in [1.82, 2.24) is 0 Å². The first-order chi connectivity index (χ1) is 8.79. The van der Waals surface area contributed by atoms with E-state index in [0.717, 1.165) is 36.3 Å². The summed E-state index contributed by atoms with van der Waals surface area (Å²) >= 11 is 0. The largest absolute Gasteiger partial charge is 0.494 e. The molecule has 1 fully saturated rings. The number of allylic oxidation sites excluding steroid dienone is 1. The van der Waals surface area contributed by atoms with E-state index in [2.05, 4.69) is 5.32 Å². The molecule has 0 bridgehead atoms. The van der Waals surface area contributed by atoms with Gasteiger partial charge in [0.15, 0.2) is 5.78 Å². The third-order valence-corrected chi connectivity index (χ3v) is 3.02. The molecule has 1 aliphatic rings. The second-order valence-electron chi connectivity index (χ2n) is 4.41. The van der Waals surface area contributed by atoms with Crippen molar-refractivity contribution in [3.05, 3.63) is 36.0 Å². The zero-order chi connectivity index (χ0) is 12.8. The normalized spacial score (nSPS) is 17.8. The lowest BCUT2D eigenvalue weighted by Gasteiger charge is -2.13. The lowest BCUT2D eigenvalue weighted by atomic mass is 9.94. The van der Waals surface area contributed by atoms with Gasteiger partial charge in [-0.2, -0.15) is 0 Å². The van der Waals surface area contributed by atoms with Crippen LogP contribution in [0.1, 0.15) is 32.6 Å². The fourth-order valence-electron chi connectivity index (χ4n) is 2.07. The molecule has 3 nitrogen and oxygen atoms in total. The SMILES string of the molecule is CCOc1cccc(NC=C2CCCCC2=O)c1. The van der Waals surface area contributed by atoms with E-state index in [-0.39, 0.29) is 5.78 Å². The fourth-order valence-corrected chi connectivity index (χ4v) is 2.07. The van der Waals surface area contributed by atoms with Gasteiger partial charge in [-0.3, -0.25) is 4.79 Å². The molecule has 18 heavy (non-hydrogen) atoms. The van der Waals surface area contributed by atoms with Gasteiger partial charge in [-0.05, 0) is 38.3 Å². The number of carbonyl (C=O) groups is 1. The van der Waals surface area contributed by atoms with E-state index >= 15 is 0 Å². The van der Waals surface area contributed by atoms with Gasteiger partial charge in [-0.1, -0.05) is 6.07 Å². The van der Waals surface area contributed by atoms with E-state index < -0.39 is 0 Å². The maximum Gasteiger partial charge on any atom is 0.160 e. The number of hydrogen-bond donors (Lipinski definition) is 1. The Morgan fingerprint density at radius 3 is 2.94 bits per heavy atom. The van der Waals surface area contributed by atoms with Crippen LogP contribution in [-0.2, 0) is 4.79 Å². The molecule has 0 radical (unpaired) electrons. The molecule has 1 saturated carbocycles. The summed E-state index contributed by atoms with van der Waals surface area (Å²) in [5, 5.41) is 3.18. The molecule has 1 aromatic carbocycles. The minimum Gasteiger partial charge on any atom is -0.494 e. The topological polar surface area (TPSA) is 38.3 Å². The highest BCUT2D eigenvalue weighted by Gasteiger charge is 2.14. The molecule has 3 heteroatoms. The monoisotopic (exact) mass is 245 g/mol. The Bertz CT molecular complexity index is 452. The van der Waals surface area contributed by atoms with Gasteiger partial charge < -0.3 is 10.1 Å². The summed E-state index contributed by atoms with van der Waals surface area (Å²) in [6.45, 7) is 2.62. The number of ketones is 1. The molecule has 1 N–H and O–H groups in total. The number of Topliss-reactive ketones (excluding diaryl/α,β-unsaturated/α-hetero) is 1. The van der Waals surface area contributed by atoms with Gasteiger partial charge in [0.25, 0.3) is 0 Å². The summed E-state index contributed by atoms with van der Waals surface area (Å²) in [4.78, 5) is 11.7. The summed E-state index contributed by atoms with van der Waals surface area (Å²) in [7, 11) is 0. The van der Waals surface area contributed by atoms with E-state index in [1.807, 2.05) is 37.4 Å².